The molecular weight excluding hydrogens is 276 g/mol. The molecule has 0 aromatic heterocycles. The van der Waals surface area contributed by atoms with Crippen LogP contribution in [0.5, 0.6) is 0 Å². The molecule has 0 radical (unpaired) electrons. The summed E-state index contributed by atoms with van der Waals surface area (Å²) in [6.45, 7) is 9.32. The average Bonchev–Trinajstić information content (AvgIpc) is 2.49. The van der Waals surface area contributed by atoms with Gasteiger partial charge in [0.2, 0.25) is 0 Å². The molecule has 6 nitrogen and oxygen atoms in total. The maximum Gasteiger partial charge on any atom is 0.311 e. The summed E-state index contributed by atoms with van der Waals surface area (Å²) in [4.78, 5) is 21.9. The van der Waals surface area contributed by atoms with Gasteiger partial charge in [-0.2, -0.15) is 0 Å². The standard InChI is InChI=1S/C8H16O3.C7H14O3/c1-4-8(2,3)7(10)11-6-5-9;1-3-6(2)7(9)10-5-4-8/h9H,4-6H2,1-3H3;6,8H,3-5H2,1-2H3. The zero-order valence-corrected chi connectivity index (χ0v) is 13.8. The Morgan fingerprint density at radius 1 is 1.05 bits per heavy atom. The Kier molecular flexibility index (Phi) is 13.3. The number of hydrogen-bond acceptors (Lipinski definition) is 6. The largest absolute Gasteiger partial charge is 0.463 e. The van der Waals surface area contributed by atoms with Crippen molar-refractivity contribution in [2.75, 3.05) is 26.4 Å². The zero-order chi connectivity index (χ0) is 16.9. The highest BCUT2D eigenvalue weighted by atomic mass is 16.5. The van der Waals surface area contributed by atoms with Crippen LogP contribution in [0.15, 0.2) is 0 Å². The number of hydrogen-bond donors (Lipinski definition) is 2. The number of aliphatic hydroxyl groups is 2. The molecule has 0 aliphatic carbocycles. The molecule has 0 fully saturated rings. The highest BCUT2D eigenvalue weighted by molar-refractivity contribution is 5.75. The van der Waals surface area contributed by atoms with Crippen molar-refractivity contribution in [3.05, 3.63) is 0 Å². The summed E-state index contributed by atoms with van der Waals surface area (Å²) in [6.07, 6.45) is 1.53. The van der Waals surface area contributed by atoms with Crippen LogP contribution >= 0.6 is 0 Å². The van der Waals surface area contributed by atoms with Crippen LogP contribution in [-0.4, -0.2) is 48.6 Å². The summed E-state index contributed by atoms with van der Waals surface area (Å²) >= 11 is 0. The molecule has 0 rings (SSSR count). The third kappa shape index (κ3) is 11.2. The predicted molar refractivity (Wildman–Crippen MR) is 79.6 cm³/mol. The molecule has 0 aromatic carbocycles. The minimum absolute atomic E-state index is 0.0495. The van der Waals surface area contributed by atoms with Gasteiger partial charge in [0.25, 0.3) is 0 Å². The highest BCUT2D eigenvalue weighted by Crippen LogP contribution is 2.20. The monoisotopic (exact) mass is 306 g/mol. The van der Waals surface area contributed by atoms with Crippen molar-refractivity contribution in [2.24, 2.45) is 11.3 Å². The SMILES string of the molecule is CCC(C)(C)C(=O)OCCO.CCC(C)C(=O)OCCO. The molecule has 1 unspecified atom stereocenters. The summed E-state index contributed by atoms with van der Waals surface area (Å²) < 4.78 is 9.41. The van der Waals surface area contributed by atoms with Gasteiger partial charge < -0.3 is 19.7 Å². The number of aliphatic hydroxyl groups excluding tert-OH is 2. The van der Waals surface area contributed by atoms with E-state index in [1.165, 1.54) is 0 Å². The molecule has 0 aromatic rings. The van der Waals surface area contributed by atoms with Crippen molar-refractivity contribution in [1.82, 2.24) is 0 Å². The van der Waals surface area contributed by atoms with E-state index in [1.54, 1.807) is 6.92 Å². The van der Waals surface area contributed by atoms with E-state index >= 15 is 0 Å². The van der Waals surface area contributed by atoms with Crippen LogP contribution in [0.25, 0.3) is 0 Å². The van der Waals surface area contributed by atoms with E-state index < -0.39 is 5.41 Å². The third-order valence-electron chi connectivity index (χ3n) is 3.11. The van der Waals surface area contributed by atoms with Crippen LogP contribution in [0.3, 0.4) is 0 Å². The van der Waals surface area contributed by atoms with E-state index in [0.717, 1.165) is 12.8 Å². The zero-order valence-electron chi connectivity index (χ0n) is 13.8. The maximum absolute atomic E-state index is 11.1. The maximum atomic E-state index is 11.1. The van der Waals surface area contributed by atoms with E-state index in [4.69, 9.17) is 14.9 Å². The van der Waals surface area contributed by atoms with Gasteiger partial charge in [-0.3, -0.25) is 9.59 Å². The lowest BCUT2D eigenvalue weighted by atomic mass is 9.91. The summed E-state index contributed by atoms with van der Waals surface area (Å²) in [6, 6.07) is 0. The lowest BCUT2D eigenvalue weighted by Crippen LogP contribution is -2.26. The molecule has 0 spiro atoms. The Morgan fingerprint density at radius 2 is 1.52 bits per heavy atom. The second-order valence-electron chi connectivity index (χ2n) is 5.30. The van der Waals surface area contributed by atoms with Crippen molar-refractivity contribution < 1.29 is 29.3 Å². The number of esters is 2. The molecule has 0 aliphatic heterocycles. The Balaban J connectivity index is 0. The molecule has 6 heteroatoms. The molecule has 0 amide bonds. The van der Waals surface area contributed by atoms with Gasteiger partial charge in [0, 0.05) is 0 Å². The molecule has 0 heterocycles. The first-order valence-electron chi connectivity index (χ1n) is 7.32. The topological polar surface area (TPSA) is 93.1 Å². The van der Waals surface area contributed by atoms with Gasteiger partial charge in [-0.05, 0) is 26.7 Å². The average molecular weight is 306 g/mol. The number of ether oxygens (including phenoxy) is 2. The van der Waals surface area contributed by atoms with Crippen LogP contribution in [0.4, 0.5) is 0 Å². The van der Waals surface area contributed by atoms with Gasteiger partial charge in [0.1, 0.15) is 13.2 Å². The van der Waals surface area contributed by atoms with Crippen molar-refractivity contribution in [1.29, 1.82) is 0 Å². The second kappa shape index (κ2) is 12.6. The lowest BCUT2D eigenvalue weighted by Gasteiger charge is -2.19. The van der Waals surface area contributed by atoms with Crippen molar-refractivity contribution in [3.8, 4) is 0 Å². The Morgan fingerprint density at radius 3 is 1.90 bits per heavy atom. The second-order valence-corrected chi connectivity index (χ2v) is 5.30. The van der Waals surface area contributed by atoms with Crippen molar-refractivity contribution in [3.63, 3.8) is 0 Å². The van der Waals surface area contributed by atoms with Crippen LogP contribution in [0.2, 0.25) is 0 Å². The number of carbonyl (C=O) groups excluding carboxylic acids is 2. The van der Waals surface area contributed by atoms with Gasteiger partial charge in [0.05, 0.1) is 24.5 Å². The molecular formula is C15H30O6. The normalized spacial score (nSPS) is 12.0. The van der Waals surface area contributed by atoms with Gasteiger partial charge in [-0.25, -0.2) is 0 Å². The van der Waals surface area contributed by atoms with Crippen LogP contribution in [-0.2, 0) is 19.1 Å². The van der Waals surface area contributed by atoms with Gasteiger partial charge in [-0.1, -0.05) is 20.8 Å². The van der Waals surface area contributed by atoms with E-state index in [0.29, 0.717) is 0 Å². The van der Waals surface area contributed by atoms with Crippen LogP contribution in [0.1, 0.15) is 47.5 Å². The van der Waals surface area contributed by atoms with Gasteiger partial charge in [-0.15, -0.1) is 0 Å². The van der Waals surface area contributed by atoms with Crippen molar-refractivity contribution >= 4 is 11.9 Å². The van der Waals surface area contributed by atoms with E-state index in [2.05, 4.69) is 4.74 Å². The molecule has 0 saturated carbocycles. The predicted octanol–water partition coefficient (Wildman–Crippen LogP) is 1.53. The number of rotatable bonds is 8. The minimum atomic E-state index is -0.421. The first kappa shape index (κ1) is 22.1. The van der Waals surface area contributed by atoms with E-state index in [9.17, 15) is 9.59 Å². The summed E-state index contributed by atoms with van der Waals surface area (Å²) in [5, 5.41) is 16.7. The van der Waals surface area contributed by atoms with Crippen molar-refractivity contribution in [2.45, 2.75) is 47.5 Å². The van der Waals surface area contributed by atoms with Crippen LogP contribution < -0.4 is 0 Å². The molecule has 21 heavy (non-hydrogen) atoms. The highest BCUT2D eigenvalue weighted by Gasteiger charge is 2.26. The summed E-state index contributed by atoms with van der Waals surface area (Å²) in [5.41, 5.74) is -0.421. The van der Waals surface area contributed by atoms with E-state index in [-0.39, 0.29) is 44.3 Å². The smallest absolute Gasteiger partial charge is 0.311 e. The summed E-state index contributed by atoms with van der Waals surface area (Å²) in [5.74, 6) is -0.517. The first-order chi connectivity index (χ1) is 9.76. The number of carbonyl (C=O) groups is 2. The van der Waals surface area contributed by atoms with Gasteiger partial charge >= 0.3 is 11.9 Å². The lowest BCUT2D eigenvalue weighted by molar-refractivity contribution is -0.155. The Hall–Kier alpha value is -1.14. The Bertz CT molecular complexity index is 288. The fourth-order valence-electron chi connectivity index (χ4n) is 0.933. The fourth-order valence-corrected chi connectivity index (χ4v) is 0.933. The Labute approximate surface area is 127 Å². The molecule has 0 aliphatic rings. The first-order valence-corrected chi connectivity index (χ1v) is 7.32. The third-order valence-corrected chi connectivity index (χ3v) is 3.11. The fraction of sp³-hybridized carbons (Fsp3) is 0.867. The molecule has 2 N–H and O–H groups in total. The summed E-state index contributed by atoms with van der Waals surface area (Å²) in [7, 11) is 0. The minimum Gasteiger partial charge on any atom is -0.463 e. The molecule has 0 saturated heterocycles. The molecule has 0 bridgehead atoms. The molecule has 126 valence electrons. The van der Waals surface area contributed by atoms with E-state index in [1.807, 2.05) is 27.7 Å². The molecule has 1 atom stereocenters. The van der Waals surface area contributed by atoms with Crippen LogP contribution in [0, 0.1) is 11.3 Å². The van der Waals surface area contributed by atoms with Gasteiger partial charge in [0.15, 0.2) is 0 Å². The quantitative estimate of drug-likeness (QED) is 0.661.